The number of alkyl halides is 2. The molecule has 0 radical (unpaired) electrons. The number of ether oxygens (including phenoxy) is 2. The molecular formula is C18H18F2N4O3. The van der Waals surface area contributed by atoms with Gasteiger partial charge in [-0.25, -0.2) is 9.97 Å². The zero-order valence-electron chi connectivity index (χ0n) is 15.0. The van der Waals surface area contributed by atoms with Crippen molar-refractivity contribution < 1.29 is 23.0 Å². The largest absolute Gasteiger partial charge is 0.496 e. The van der Waals surface area contributed by atoms with Gasteiger partial charge in [-0.15, -0.1) is 0 Å². The predicted molar refractivity (Wildman–Crippen MR) is 94.0 cm³/mol. The number of nitrogens with zero attached hydrogens (tertiary/aromatic N) is 3. The highest BCUT2D eigenvalue weighted by atomic mass is 19.3. The van der Waals surface area contributed by atoms with Crippen LogP contribution < -0.4 is 14.8 Å². The number of hydrogen-bond acceptors (Lipinski definition) is 5. The third-order valence-electron chi connectivity index (χ3n) is 4.18. The number of aromatic nitrogens is 3. The van der Waals surface area contributed by atoms with Gasteiger partial charge in [0, 0.05) is 31.4 Å². The van der Waals surface area contributed by atoms with Crippen molar-refractivity contribution in [1.29, 1.82) is 0 Å². The van der Waals surface area contributed by atoms with Crippen molar-refractivity contribution in [3.63, 3.8) is 0 Å². The summed E-state index contributed by atoms with van der Waals surface area (Å²) in [5, 5.41) is 2.79. The van der Waals surface area contributed by atoms with Gasteiger partial charge < -0.3 is 19.4 Å². The van der Waals surface area contributed by atoms with Gasteiger partial charge in [0.05, 0.1) is 23.7 Å². The zero-order chi connectivity index (χ0) is 19.6. The van der Waals surface area contributed by atoms with Crippen molar-refractivity contribution in [1.82, 2.24) is 19.9 Å². The first-order valence-corrected chi connectivity index (χ1v) is 8.08. The average molecular weight is 376 g/mol. The monoisotopic (exact) mass is 376 g/mol. The van der Waals surface area contributed by atoms with Gasteiger partial charge in [-0.2, -0.15) is 8.78 Å². The Morgan fingerprint density at radius 2 is 2.07 bits per heavy atom. The molecule has 1 aromatic carbocycles. The van der Waals surface area contributed by atoms with Crippen LogP contribution in [0.3, 0.4) is 0 Å². The highest BCUT2D eigenvalue weighted by Crippen LogP contribution is 2.28. The summed E-state index contributed by atoms with van der Waals surface area (Å²) in [5.41, 5.74) is 2.68. The molecular weight excluding hydrogens is 358 g/mol. The Bertz CT molecular complexity index is 971. The van der Waals surface area contributed by atoms with Gasteiger partial charge in [-0.05, 0) is 25.1 Å². The van der Waals surface area contributed by atoms with Crippen LogP contribution in [0.4, 0.5) is 8.78 Å². The van der Waals surface area contributed by atoms with Crippen LogP contribution >= 0.6 is 0 Å². The normalized spacial score (nSPS) is 11.0. The van der Waals surface area contributed by atoms with E-state index in [0.717, 1.165) is 22.4 Å². The molecule has 9 heteroatoms. The van der Waals surface area contributed by atoms with Gasteiger partial charge in [-0.1, -0.05) is 0 Å². The van der Waals surface area contributed by atoms with E-state index >= 15 is 0 Å². The maximum Gasteiger partial charge on any atom is 0.388 e. The van der Waals surface area contributed by atoms with E-state index in [1.165, 1.54) is 18.3 Å². The van der Waals surface area contributed by atoms with Crippen molar-refractivity contribution >= 4 is 16.9 Å². The van der Waals surface area contributed by atoms with E-state index in [-0.39, 0.29) is 18.0 Å². The fourth-order valence-electron chi connectivity index (χ4n) is 2.79. The number of carbonyl (C=O) groups excluding carboxylic acids is 1. The zero-order valence-corrected chi connectivity index (χ0v) is 15.0. The molecule has 0 atom stereocenters. The molecule has 2 aromatic heterocycles. The molecule has 0 unspecified atom stereocenters. The quantitative estimate of drug-likeness (QED) is 0.716. The summed E-state index contributed by atoms with van der Waals surface area (Å²) in [6.07, 6.45) is 1.18. The van der Waals surface area contributed by atoms with E-state index < -0.39 is 12.5 Å². The molecule has 0 aliphatic carbocycles. The molecule has 0 bridgehead atoms. The van der Waals surface area contributed by atoms with Gasteiger partial charge in [0.1, 0.15) is 11.6 Å². The van der Waals surface area contributed by atoms with Gasteiger partial charge in [0.25, 0.3) is 5.91 Å². The van der Waals surface area contributed by atoms with E-state index in [9.17, 15) is 13.6 Å². The van der Waals surface area contributed by atoms with Crippen LogP contribution in [-0.2, 0) is 13.6 Å². The molecule has 7 nitrogen and oxygen atoms in total. The first kappa shape index (κ1) is 18.6. The Morgan fingerprint density at radius 3 is 2.70 bits per heavy atom. The number of hydrogen-bond donors (Lipinski definition) is 1. The molecule has 142 valence electrons. The van der Waals surface area contributed by atoms with Gasteiger partial charge in [0.15, 0.2) is 0 Å². The number of fused-ring (bicyclic) bond motifs is 1. The van der Waals surface area contributed by atoms with Crippen LogP contribution in [0.2, 0.25) is 0 Å². The lowest BCUT2D eigenvalue weighted by Crippen LogP contribution is -2.23. The fourth-order valence-corrected chi connectivity index (χ4v) is 2.79. The first-order valence-electron chi connectivity index (χ1n) is 8.08. The summed E-state index contributed by atoms with van der Waals surface area (Å²) in [4.78, 5) is 20.5. The standard InChI is InChI=1S/C18H18F2N4O3/c1-10-23-13-5-6-14(26-3)12(16(13)24(10)2)9-22-17(25)11-4-7-15(21-8-11)27-18(19)20/h4-8,18H,9H2,1-3H3,(H,22,25). The second-order valence-electron chi connectivity index (χ2n) is 5.78. The van der Waals surface area contributed by atoms with Crippen LogP contribution in [0.1, 0.15) is 21.7 Å². The van der Waals surface area contributed by atoms with Gasteiger partial charge in [-0.3, -0.25) is 4.79 Å². The van der Waals surface area contributed by atoms with Crippen LogP contribution in [0.5, 0.6) is 11.6 Å². The number of benzene rings is 1. The molecule has 0 fully saturated rings. The number of pyridine rings is 1. The SMILES string of the molecule is COc1ccc2nc(C)n(C)c2c1CNC(=O)c1ccc(OC(F)F)nc1. The maximum atomic E-state index is 12.4. The number of amides is 1. The summed E-state index contributed by atoms with van der Waals surface area (Å²) < 4.78 is 35.8. The number of halogens is 2. The summed E-state index contributed by atoms with van der Waals surface area (Å²) in [6.45, 7) is -0.871. The molecule has 0 saturated heterocycles. The lowest BCUT2D eigenvalue weighted by Gasteiger charge is -2.12. The predicted octanol–water partition coefficient (Wildman–Crippen LogP) is 2.82. The molecule has 3 aromatic rings. The smallest absolute Gasteiger partial charge is 0.388 e. The summed E-state index contributed by atoms with van der Waals surface area (Å²) >= 11 is 0. The minimum atomic E-state index is -2.97. The molecule has 0 aliphatic heterocycles. The average Bonchev–Trinajstić information content (AvgIpc) is 2.94. The molecule has 1 amide bonds. The van der Waals surface area contributed by atoms with E-state index in [1.807, 2.05) is 24.6 Å². The third-order valence-corrected chi connectivity index (χ3v) is 4.18. The molecule has 27 heavy (non-hydrogen) atoms. The van der Waals surface area contributed by atoms with E-state index in [4.69, 9.17) is 4.74 Å². The Morgan fingerprint density at radius 1 is 1.30 bits per heavy atom. The topological polar surface area (TPSA) is 78.3 Å². The molecule has 0 aliphatic rings. The minimum absolute atomic E-state index is 0.202. The second-order valence-corrected chi connectivity index (χ2v) is 5.78. The Labute approximate surface area is 153 Å². The second kappa shape index (κ2) is 7.56. The maximum absolute atomic E-state index is 12.4. The van der Waals surface area contributed by atoms with Crippen molar-refractivity contribution in [3.05, 3.63) is 47.4 Å². The van der Waals surface area contributed by atoms with E-state index in [0.29, 0.717) is 5.75 Å². The number of nitrogens with one attached hydrogen (secondary N) is 1. The number of aryl methyl sites for hydroxylation is 2. The number of methoxy groups -OCH3 is 1. The lowest BCUT2D eigenvalue weighted by atomic mass is 10.1. The molecule has 0 saturated carbocycles. The first-order chi connectivity index (χ1) is 12.9. The van der Waals surface area contributed by atoms with Crippen molar-refractivity contribution in [2.45, 2.75) is 20.1 Å². The minimum Gasteiger partial charge on any atom is -0.496 e. The van der Waals surface area contributed by atoms with E-state index in [2.05, 4.69) is 20.0 Å². The Hall–Kier alpha value is -3.23. The van der Waals surface area contributed by atoms with E-state index in [1.54, 1.807) is 13.2 Å². The Balaban J connectivity index is 1.81. The fraction of sp³-hybridized carbons (Fsp3) is 0.278. The van der Waals surface area contributed by atoms with Crippen LogP contribution in [0.15, 0.2) is 30.5 Å². The van der Waals surface area contributed by atoms with Gasteiger partial charge in [0.2, 0.25) is 5.88 Å². The number of carbonyl (C=O) groups is 1. The number of imidazole rings is 1. The van der Waals surface area contributed by atoms with Crippen LogP contribution in [-0.4, -0.2) is 34.2 Å². The Kier molecular flexibility index (Phi) is 5.20. The van der Waals surface area contributed by atoms with Crippen molar-refractivity contribution in [2.24, 2.45) is 7.05 Å². The summed E-state index contributed by atoms with van der Waals surface area (Å²) in [5.74, 6) is 0.816. The molecule has 1 N–H and O–H groups in total. The lowest BCUT2D eigenvalue weighted by molar-refractivity contribution is -0.0528. The highest BCUT2D eigenvalue weighted by molar-refractivity contribution is 5.94. The molecule has 3 rings (SSSR count). The molecule has 0 spiro atoms. The number of rotatable bonds is 6. The highest BCUT2D eigenvalue weighted by Gasteiger charge is 2.16. The van der Waals surface area contributed by atoms with Crippen molar-refractivity contribution in [2.75, 3.05) is 7.11 Å². The van der Waals surface area contributed by atoms with Crippen LogP contribution in [0, 0.1) is 6.92 Å². The molecule has 2 heterocycles. The summed E-state index contributed by atoms with van der Waals surface area (Å²) in [7, 11) is 3.45. The third kappa shape index (κ3) is 3.81. The van der Waals surface area contributed by atoms with Crippen molar-refractivity contribution in [3.8, 4) is 11.6 Å². The van der Waals surface area contributed by atoms with Gasteiger partial charge >= 0.3 is 6.61 Å². The van der Waals surface area contributed by atoms with Crippen LogP contribution in [0.25, 0.3) is 11.0 Å². The summed E-state index contributed by atoms with van der Waals surface area (Å²) in [6, 6.07) is 6.24.